The summed E-state index contributed by atoms with van der Waals surface area (Å²) in [5.41, 5.74) is 7.05. The molecule has 0 saturated heterocycles. The number of aromatic hydroxyl groups is 2. The number of aromatic nitrogens is 2. The van der Waals surface area contributed by atoms with Crippen LogP contribution in [0.3, 0.4) is 0 Å². The van der Waals surface area contributed by atoms with Crippen LogP contribution in [0.5, 0.6) is 11.5 Å². The topological polar surface area (TPSA) is 104 Å². The zero-order valence-corrected chi connectivity index (χ0v) is 14.3. The maximum atomic E-state index is 10.1. The standard InChI is InChI=1S/C19H22N4O2/c1-11(2)13(20)10-21-18-12-6-3-4-7-14(12)22-19(23-18)17-15(24)8-5-9-16(17)25/h3-9,11,13,24-25H,10,20H2,1-2H3,(H,21,22,23)/t13-/m1/s1. The first-order valence-corrected chi connectivity index (χ1v) is 8.25. The van der Waals surface area contributed by atoms with Gasteiger partial charge in [0.1, 0.15) is 22.9 Å². The summed E-state index contributed by atoms with van der Waals surface area (Å²) in [5, 5.41) is 24.4. The number of rotatable bonds is 5. The molecule has 3 aromatic rings. The largest absolute Gasteiger partial charge is 0.507 e. The lowest BCUT2D eigenvalue weighted by atomic mass is 10.1. The van der Waals surface area contributed by atoms with Crippen LogP contribution in [-0.4, -0.2) is 32.8 Å². The van der Waals surface area contributed by atoms with E-state index in [1.165, 1.54) is 12.1 Å². The maximum absolute atomic E-state index is 10.1. The molecular weight excluding hydrogens is 316 g/mol. The third kappa shape index (κ3) is 3.49. The second kappa shape index (κ2) is 6.94. The minimum absolute atomic E-state index is 0.0179. The van der Waals surface area contributed by atoms with Gasteiger partial charge in [0.05, 0.1) is 5.52 Å². The number of phenols is 2. The number of anilines is 1. The van der Waals surface area contributed by atoms with Gasteiger partial charge < -0.3 is 21.3 Å². The lowest BCUT2D eigenvalue weighted by Crippen LogP contribution is -2.34. The highest BCUT2D eigenvalue weighted by Gasteiger charge is 2.16. The Morgan fingerprint density at radius 2 is 1.68 bits per heavy atom. The van der Waals surface area contributed by atoms with E-state index in [4.69, 9.17) is 5.73 Å². The predicted molar refractivity (Wildman–Crippen MR) is 99.6 cm³/mol. The van der Waals surface area contributed by atoms with E-state index in [1.54, 1.807) is 6.07 Å². The first-order valence-electron chi connectivity index (χ1n) is 8.25. The van der Waals surface area contributed by atoms with Gasteiger partial charge in [0, 0.05) is 18.0 Å². The van der Waals surface area contributed by atoms with Crippen molar-refractivity contribution in [2.75, 3.05) is 11.9 Å². The van der Waals surface area contributed by atoms with Crippen LogP contribution < -0.4 is 11.1 Å². The fraction of sp³-hybridized carbons (Fsp3) is 0.263. The zero-order chi connectivity index (χ0) is 18.0. The first kappa shape index (κ1) is 17.0. The molecule has 0 aliphatic carbocycles. The van der Waals surface area contributed by atoms with Gasteiger partial charge >= 0.3 is 0 Å². The Morgan fingerprint density at radius 1 is 1.00 bits per heavy atom. The average molecular weight is 338 g/mol. The number of para-hydroxylation sites is 1. The molecule has 0 unspecified atom stereocenters. The summed E-state index contributed by atoms with van der Waals surface area (Å²) in [5.74, 6) is 1.08. The predicted octanol–water partition coefficient (Wildman–Crippen LogP) is 3.10. The average Bonchev–Trinajstić information content (AvgIpc) is 2.59. The van der Waals surface area contributed by atoms with Crippen molar-refractivity contribution < 1.29 is 10.2 Å². The molecule has 3 rings (SSSR count). The van der Waals surface area contributed by atoms with E-state index >= 15 is 0 Å². The summed E-state index contributed by atoms with van der Waals surface area (Å²) < 4.78 is 0. The molecule has 5 N–H and O–H groups in total. The van der Waals surface area contributed by atoms with Gasteiger partial charge in [-0.2, -0.15) is 0 Å². The Bertz CT molecular complexity index is 875. The number of hydrogen-bond acceptors (Lipinski definition) is 6. The molecule has 0 aliphatic heterocycles. The summed E-state index contributed by atoms with van der Waals surface area (Å²) in [6.07, 6.45) is 0. The number of benzene rings is 2. The molecule has 25 heavy (non-hydrogen) atoms. The molecule has 0 aliphatic rings. The number of hydrogen-bond donors (Lipinski definition) is 4. The number of phenolic OH excluding ortho intramolecular Hbond substituents is 2. The van der Waals surface area contributed by atoms with Gasteiger partial charge in [0.25, 0.3) is 0 Å². The summed E-state index contributed by atoms with van der Waals surface area (Å²) in [6, 6.07) is 12.1. The number of nitrogens with two attached hydrogens (primary N) is 1. The van der Waals surface area contributed by atoms with Crippen molar-refractivity contribution in [3.05, 3.63) is 42.5 Å². The van der Waals surface area contributed by atoms with Crippen LogP contribution in [0.1, 0.15) is 13.8 Å². The van der Waals surface area contributed by atoms with Crippen LogP contribution in [0.25, 0.3) is 22.3 Å². The lowest BCUT2D eigenvalue weighted by molar-refractivity contribution is 0.453. The minimum atomic E-state index is -0.0693. The van der Waals surface area contributed by atoms with Crippen LogP contribution in [0, 0.1) is 5.92 Å². The van der Waals surface area contributed by atoms with E-state index in [0.717, 1.165) is 10.9 Å². The zero-order valence-electron chi connectivity index (χ0n) is 14.3. The van der Waals surface area contributed by atoms with E-state index in [1.807, 2.05) is 24.3 Å². The molecule has 0 radical (unpaired) electrons. The van der Waals surface area contributed by atoms with Gasteiger partial charge in [0.15, 0.2) is 5.82 Å². The third-order valence-electron chi connectivity index (χ3n) is 4.21. The Labute approximate surface area is 146 Å². The second-order valence-electron chi connectivity index (χ2n) is 6.37. The second-order valence-corrected chi connectivity index (χ2v) is 6.37. The van der Waals surface area contributed by atoms with Crippen LogP contribution >= 0.6 is 0 Å². The molecule has 6 nitrogen and oxygen atoms in total. The van der Waals surface area contributed by atoms with Crippen molar-refractivity contribution in [3.8, 4) is 22.9 Å². The summed E-state index contributed by atoms with van der Waals surface area (Å²) in [7, 11) is 0. The molecule has 0 bridgehead atoms. The minimum Gasteiger partial charge on any atom is -0.507 e. The fourth-order valence-electron chi connectivity index (χ4n) is 2.53. The highest BCUT2D eigenvalue weighted by Crippen LogP contribution is 2.36. The van der Waals surface area contributed by atoms with Crippen molar-refractivity contribution in [3.63, 3.8) is 0 Å². The molecular formula is C19H22N4O2. The van der Waals surface area contributed by atoms with E-state index in [9.17, 15) is 10.2 Å². The Kier molecular flexibility index (Phi) is 4.72. The molecule has 130 valence electrons. The van der Waals surface area contributed by atoms with Crippen molar-refractivity contribution in [2.45, 2.75) is 19.9 Å². The van der Waals surface area contributed by atoms with E-state index in [0.29, 0.717) is 18.3 Å². The van der Waals surface area contributed by atoms with E-state index in [2.05, 4.69) is 29.1 Å². The van der Waals surface area contributed by atoms with Gasteiger partial charge in [-0.15, -0.1) is 0 Å². The van der Waals surface area contributed by atoms with Crippen LogP contribution in [-0.2, 0) is 0 Å². The van der Waals surface area contributed by atoms with Crippen LogP contribution in [0.15, 0.2) is 42.5 Å². The fourth-order valence-corrected chi connectivity index (χ4v) is 2.53. The van der Waals surface area contributed by atoms with Crippen molar-refractivity contribution in [2.24, 2.45) is 11.7 Å². The number of nitrogens with one attached hydrogen (secondary N) is 1. The lowest BCUT2D eigenvalue weighted by Gasteiger charge is -2.18. The SMILES string of the molecule is CC(C)[C@H](N)CNc1nc(-c2c(O)cccc2O)nc2ccccc12. The normalized spacial score (nSPS) is 12.5. The molecule has 0 saturated carbocycles. The van der Waals surface area contributed by atoms with Crippen molar-refractivity contribution >= 4 is 16.7 Å². The molecule has 0 spiro atoms. The van der Waals surface area contributed by atoms with Crippen molar-refractivity contribution in [1.29, 1.82) is 0 Å². The number of fused-ring (bicyclic) bond motifs is 1. The van der Waals surface area contributed by atoms with Gasteiger partial charge in [-0.25, -0.2) is 9.97 Å². The highest BCUT2D eigenvalue weighted by atomic mass is 16.3. The summed E-state index contributed by atoms with van der Waals surface area (Å²) >= 11 is 0. The van der Waals surface area contributed by atoms with Gasteiger partial charge in [0.2, 0.25) is 0 Å². The highest BCUT2D eigenvalue weighted by molar-refractivity contribution is 5.91. The molecule has 1 aromatic heterocycles. The number of nitrogens with zero attached hydrogens (tertiary/aromatic N) is 2. The summed E-state index contributed by atoms with van der Waals surface area (Å²) in [4.78, 5) is 9.01. The monoisotopic (exact) mass is 338 g/mol. The molecule has 0 fully saturated rings. The quantitative estimate of drug-likeness (QED) is 0.570. The molecule has 1 atom stereocenters. The van der Waals surface area contributed by atoms with Crippen LogP contribution in [0.2, 0.25) is 0 Å². The van der Waals surface area contributed by atoms with Gasteiger partial charge in [-0.1, -0.05) is 32.0 Å². The van der Waals surface area contributed by atoms with Crippen molar-refractivity contribution in [1.82, 2.24) is 9.97 Å². The Morgan fingerprint density at radius 3 is 2.36 bits per heavy atom. The molecule has 1 heterocycles. The third-order valence-corrected chi connectivity index (χ3v) is 4.21. The molecule has 6 heteroatoms. The molecule has 2 aromatic carbocycles. The van der Waals surface area contributed by atoms with E-state index in [-0.39, 0.29) is 28.9 Å². The van der Waals surface area contributed by atoms with Crippen LogP contribution in [0.4, 0.5) is 5.82 Å². The molecule has 0 amide bonds. The van der Waals surface area contributed by atoms with Gasteiger partial charge in [-0.3, -0.25) is 0 Å². The first-order chi connectivity index (χ1) is 12.0. The van der Waals surface area contributed by atoms with E-state index < -0.39 is 0 Å². The maximum Gasteiger partial charge on any atom is 0.169 e. The Hall–Kier alpha value is -2.86. The smallest absolute Gasteiger partial charge is 0.169 e. The Balaban J connectivity index is 2.09. The summed E-state index contributed by atoms with van der Waals surface area (Å²) in [6.45, 7) is 4.69. The van der Waals surface area contributed by atoms with Gasteiger partial charge in [-0.05, 0) is 30.2 Å².